The topological polar surface area (TPSA) is 37.8 Å². The second-order valence-electron chi connectivity index (χ2n) is 4.58. The van der Waals surface area contributed by atoms with Crippen molar-refractivity contribution in [1.29, 1.82) is 0 Å². The molecule has 0 saturated carbocycles. The number of rotatable bonds is 6. The fourth-order valence-corrected chi connectivity index (χ4v) is 3.66. The molecule has 1 atom stereocenters. The lowest BCUT2D eigenvalue weighted by molar-refractivity contribution is 0.603. The predicted octanol–water partition coefficient (Wildman–Crippen LogP) is 3.81. The van der Waals surface area contributed by atoms with Crippen LogP contribution in [0.15, 0.2) is 17.5 Å². The molecule has 0 saturated heterocycles. The minimum atomic E-state index is 0.252. The maximum absolute atomic E-state index is 4.29. The first-order valence-corrected chi connectivity index (χ1v) is 7.98. The number of hydrogen-bond donors (Lipinski definition) is 1. The van der Waals surface area contributed by atoms with E-state index in [0.29, 0.717) is 5.92 Å². The van der Waals surface area contributed by atoms with Gasteiger partial charge in [0.25, 0.3) is 0 Å². The van der Waals surface area contributed by atoms with Crippen molar-refractivity contribution in [1.82, 2.24) is 14.9 Å². The molecule has 0 radical (unpaired) electrons. The van der Waals surface area contributed by atoms with E-state index in [1.807, 2.05) is 0 Å². The van der Waals surface area contributed by atoms with Crippen LogP contribution in [-0.2, 0) is 0 Å². The van der Waals surface area contributed by atoms with Gasteiger partial charge in [-0.15, -0.1) is 16.4 Å². The molecular formula is C13H19N3S2. The highest BCUT2D eigenvalue weighted by molar-refractivity contribution is 7.10. The van der Waals surface area contributed by atoms with E-state index in [2.05, 4.69) is 53.2 Å². The van der Waals surface area contributed by atoms with Gasteiger partial charge in [-0.05, 0) is 41.9 Å². The Morgan fingerprint density at radius 3 is 2.83 bits per heavy atom. The third kappa shape index (κ3) is 2.96. The average molecular weight is 281 g/mol. The smallest absolute Gasteiger partial charge is 0.0832 e. The summed E-state index contributed by atoms with van der Waals surface area (Å²) in [4.78, 5) is 2.61. The summed E-state index contributed by atoms with van der Waals surface area (Å²) in [5.74, 6) is 0.421. The van der Waals surface area contributed by atoms with Gasteiger partial charge < -0.3 is 5.32 Å². The first kappa shape index (κ1) is 13.6. The number of thiophene rings is 1. The van der Waals surface area contributed by atoms with Crippen LogP contribution in [0.25, 0.3) is 0 Å². The van der Waals surface area contributed by atoms with Crippen molar-refractivity contribution in [2.45, 2.75) is 39.2 Å². The van der Waals surface area contributed by atoms with Gasteiger partial charge in [0.2, 0.25) is 0 Å². The summed E-state index contributed by atoms with van der Waals surface area (Å²) in [6.07, 6.45) is 1.13. The van der Waals surface area contributed by atoms with Crippen LogP contribution in [0.4, 0.5) is 0 Å². The number of nitrogens with one attached hydrogen (secondary N) is 1. The van der Waals surface area contributed by atoms with Crippen LogP contribution in [0.2, 0.25) is 0 Å². The van der Waals surface area contributed by atoms with Crippen molar-refractivity contribution in [3.63, 3.8) is 0 Å². The Hall–Kier alpha value is -0.780. The van der Waals surface area contributed by atoms with Crippen molar-refractivity contribution in [3.05, 3.63) is 33.0 Å². The average Bonchev–Trinajstić information content (AvgIpc) is 3.00. The molecule has 2 aromatic heterocycles. The van der Waals surface area contributed by atoms with E-state index in [-0.39, 0.29) is 6.04 Å². The minimum absolute atomic E-state index is 0.252. The van der Waals surface area contributed by atoms with E-state index < -0.39 is 0 Å². The third-order valence-corrected chi connectivity index (χ3v) is 4.52. The summed E-state index contributed by atoms with van der Waals surface area (Å²) >= 11 is 3.31. The van der Waals surface area contributed by atoms with Gasteiger partial charge in [-0.1, -0.05) is 31.3 Å². The molecule has 0 bridgehead atoms. The second-order valence-corrected chi connectivity index (χ2v) is 6.34. The molecule has 0 aliphatic carbocycles. The monoisotopic (exact) mass is 281 g/mol. The van der Waals surface area contributed by atoms with Gasteiger partial charge in [-0.3, -0.25) is 0 Å². The highest BCUT2D eigenvalue weighted by atomic mass is 32.1. The number of hydrogen-bond acceptors (Lipinski definition) is 5. The Balaban J connectivity index is 2.31. The van der Waals surface area contributed by atoms with Gasteiger partial charge in [0.1, 0.15) is 0 Å². The molecule has 0 spiro atoms. The molecule has 0 aliphatic heterocycles. The quantitative estimate of drug-likeness (QED) is 0.875. The summed E-state index contributed by atoms with van der Waals surface area (Å²) in [5.41, 5.74) is 1.13. The van der Waals surface area contributed by atoms with Crippen molar-refractivity contribution >= 4 is 22.9 Å². The molecule has 2 rings (SSSR count). The van der Waals surface area contributed by atoms with Gasteiger partial charge in [0.15, 0.2) is 0 Å². The third-order valence-electron chi connectivity index (χ3n) is 2.78. The Labute approximate surface area is 116 Å². The van der Waals surface area contributed by atoms with E-state index in [4.69, 9.17) is 0 Å². The molecule has 0 fully saturated rings. The maximum Gasteiger partial charge on any atom is 0.0832 e. The SMILES string of the molecule is CCCNC(c1cccs1)c1snnc1C(C)C. The highest BCUT2D eigenvalue weighted by Crippen LogP contribution is 2.32. The number of nitrogens with zero attached hydrogens (tertiary/aromatic N) is 2. The largest absolute Gasteiger partial charge is 0.305 e. The Morgan fingerprint density at radius 2 is 2.22 bits per heavy atom. The zero-order valence-corrected chi connectivity index (χ0v) is 12.6. The molecule has 2 heterocycles. The van der Waals surface area contributed by atoms with Crippen molar-refractivity contribution < 1.29 is 0 Å². The molecule has 0 aromatic carbocycles. The molecule has 0 amide bonds. The second kappa shape index (κ2) is 6.41. The minimum Gasteiger partial charge on any atom is -0.305 e. The summed E-state index contributed by atoms with van der Waals surface area (Å²) in [7, 11) is 0. The van der Waals surface area contributed by atoms with Crippen LogP contribution < -0.4 is 5.32 Å². The zero-order valence-electron chi connectivity index (χ0n) is 11.0. The summed E-state index contributed by atoms with van der Waals surface area (Å²) in [6.45, 7) is 7.54. The molecule has 1 N–H and O–H groups in total. The van der Waals surface area contributed by atoms with Crippen LogP contribution >= 0.6 is 22.9 Å². The lowest BCUT2D eigenvalue weighted by Crippen LogP contribution is -2.22. The lowest BCUT2D eigenvalue weighted by Gasteiger charge is -2.17. The van der Waals surface area contributed by atoms with Crippen molar-refractivity contribution in [2.24, 2.45) is 0 Å². The predicted molar refractivity (Wildman–Crippen MR) is 78.5 cm³/mol. The normalized spacial score (nSPS) is 13.1. The van der Waals surface area contributed by atoms with Crippen LogP contribution in [0.1, 0.15) is 54.6 Å². The van der Waals surface area contributed by atoms with Crippen molar-refractivity contribution in [2.75, 3.05) is 6.54 Å². The van der Waals surface area contributed by atoms with Gasteiger partial charge in [-0.2, -0.15) is 0 Å². The van der Waals surface area contributed by atoms with Crippen LogP contribution in [-0.4, -0.2) is 16.1 Å². The van der Waals surface area contributed by atoms with Gasteiger partial charge in [-0.25, -0.2) is 0 Å². The van der Waals surface area contributed by atoms with E-state index in [1.54, 1.807) is 11.3 Å². The van der Waals surface area contributed by atoms with E-state index >= 15 is 0 Å². The molecule has 3 nitrogen and oxygen atoms in total. The zero-order chi connectivity index (χ0) is 13.0. The highest BCUT2D eigenvalue weighted by Gasteiger charge is 2.22. The molecule has 5 heteroatoms. The first-order valence-electron chi connectivity index (χ1n) is 6.33. The van der Waals surface area contributed by atoms with E-state index in [1.165, 1.54) is 21.3 Å². The number of aromatic nitrogens is 2. The summed E-state index contributed by atoms with van der Waals surface area (Å²) in [5, 5.41) is 10.0. The molecule has 1 unspecified atom stereocenters. The molecule has 98 valence electrons. The van der Waals surface area contributed by atoms with E-state index in [0.717, 1.165) is 18.7 Å². The van der Waals surface area contributed by atoms with Crippen LogP contribution in [0, 0.1) is 0 Å². The van der Waals surface area contributed by atoms with Gasteiger partial charge in [0.05, 0.1) is 16.6 Å². The summed E-state index contributed by atoms with van der Waals surface area (Å²) < 4.78 is 4.14. The summed E-state index contributed by atoms with van der Waals surface area (Å²) in [6, 6.07) is 4.54. The van der Waals surface area contributed by atoms with Crippen LogP contribution in [0.5, 0.6) is 0 Å². The standard InChI is InChI=1S/C13H19N3S2/c1-4-7-14-12(10-6-5-8-17-10)13-11(9(2)3)15-16-18-13/h5-6,8-9,12,14H,4,7H2,1-3H3. The molecule has 2 aromatic rings. The Morgan fingerprint density at radius 1 is 1.39 bits per heavy atom. The van der Waals surface area contributed by atoms with Crippen LogP contribution in [0.3, 0.4) is 0 Å². The van der Waals surface area contributed by atoms with Crippen molar-refractivity contribution in [3.8, 4) is 0 Å². The lowest BCUT2D eigenvalue weighted by atomic mass is 10.0. The van der Waals surface area contributed by atoms with E-state index in [9.17, 15) is 0 Å². The van der Waals surface area contributed by atoms with Gasteiger partial charge in [0, 0.05) is 4.88 Å². The molecule has 18 heavy (non-hydrogen) atoms. The molecule has 0 aliphatic rings. The Bertz CT molecular complexity index is 462. The fourth-order valence-electron chi connectivity index (χ4n) is 1.87. The fraction of sp³-hybridized carbons (Fsp3) is 0.538. The van der Waals surface area contributed by atoms with Gasteiger partial charge >= 0.3 is 0 Å². The molecular weight excluding hydrogens is 262 g/mol. The Kier molecular flexibility index (Phi) is 4.86. The maximum atomic E-state index is 4.29. The first-order chi connectivity index (χ1) is 8.74.